The van der Waals surface area contributed by atoms with E-state index >= 15 is 0 Å². The van der Waals surface area contributed by atoms with Crippen molar-refractivity contribution in [1.82, 2.24) is 0 Å². The Balaban J connectivity index is 1.90. The number of ether oxygens (including phenoxy) is 2. The fourth-order valence-corrected chi connectivity index (χ4v) is 6.07. The Kier molecular flexibility index (Phi) is 4.25. The lowest BCUT2D eigenvalue weighted by atomic mass is 9.90. The average molecular weight is 385 g/mol. The number of hydrogen-bond acceptors (Lipinski definition) is 6. The minimum atomic E-state index is -0.149. The normalized spacial score (nSPS) is 15.0. The zero-order valence-electron chi connectivity index (χ0n) is 15.1. The van der Waals surface area contributed by atoms with Crippen LogP contribution in [0.15, 0.2) is 47.5 Å². The van der Waals surface area contributed by atoms with Crippen LogP contribution in [0.5, 0.6) is 11.5 Å². The van der Waals surface area contributed by atoms with Crippen molar-refractivity contribution in [3.63, 3.8) is 0 Å². The molecule has 134 valence electrons. The van der Waals surface area contributed by atoms with Gasteiger partial charge in [0.25, 0.3) is 0 Å². The minimum Gasteiger partial charge on any atom is -0.497 e. The van der Waals surface area contributed by atoms with Crippen molar-refractivity contribution >= 4 is 32.1 Å². The van der Waals surface area contributed by atoms with E-state index in [-0.39, 0.29) is 5.54 Å². The van der Waals surface area contributed by atoms with Crippen molar-refractivity contribution in [2.24, 2.45) is 4.99 Å². The highest BCUT2D eigenvalue weighted by Gasteiger charge is 2.33. The summed E-state index contributed by atoms with van der Waals surface area (Å²) in [6.07, 6.45) is 0. The highest BCUT2D eigenvalue weighted by atomic mass is 32.9. The third-order valence-electron chi connectivity index (χ3n) is 4.46. The van der Waals surface area contributed by atoms with Gasteiger partial charge < -0.3 is 14.8 Å². The molecule has 0 bridgehead atoms. The summed E-state index contributed by atoms with van der Waals surface area (Å²) in [5.41, 5.74) is 4.25. The van der Waals surface area contributed by atoms with Crippen LogP contribution in [0.1, 0.15) is 18.7 Å². The predicted molar refractivity (Wildman–Crippen MR) is 109 cm³/mol. The van der Waals surface area contributed by atoms with Crippen molar-refractivity contribution in [1.29, 1.82) is 0 Å². The van der Waals surface area contributed by atoms with Crippen LogP contribution in [0.25, 0.3) is 11.1 Å². The first-order valence-corrected chi connectivity index (χ1v) is 10.5. The molecule has 1 N–H and O–H groups in total. The largest absolute Gasteiger partial charge is 0.497 e. The monoisotopic (exact) mass is 384 g/mol. The molecule has 0 unspecified atom stereocenters. The van der Waals surface area contributed by atoms with E-state index in [1.165, 1.54) is 16.0 Å². The lowest BCUT2D eigenvalue weighted by Gasteiger charge is -2.33. The number of nitrogens with zero attached hydrogens (tertiary/aromatic N) is 1. The van der Waals surface area contributed by atoms with Crippen molar-refractivity contribution < 1.29 is 9.47 Å². The van der Waals surface area contributed by atoms with Gasteiger partial charge in [-0.3, -0.25) is 0 Å². The number of fused-ring (bicyclic) bond motifs is 3. The number of nitrogens with one attached hydrogen (secondary N) is 1. The standard InChI is InChI=1S/C20H20N2O2S2/c1-20(2)18-17(15-10-9-14(24-4)11-16(15)22-20)19(26-25-18)21-12-5-7-13(23-3)8-6-12/h5-11,22H,1-4H3. The van der Waals surface area contributed by atoms with E-state index in [2.05, 4.69) is 31.3 Å². The molecule has 3 aromatic rings. The Morgan fingerprint density at radius 3 is 2.31 bits per heavy atom. The third-order valence-corrected chi connectivity index (χ3v) is 7.10. The summed E-state index contributed by atoms with van der Waals surface area (Å²) in [7, 11) is 6.87. The van der Waals surface area contributed by atoms with Gasteiger partial charge in [-0.05, 0) is 50.2 Å². The second-order valence-corrected chi connectivity index (χ2v) is 8.78. The second-order valence-electron chi connectivity index (χ2n) is 6.65. The van der Waals surface area contributed by atoms with E-state index in [9.17, 15) is 0 Å². The smallest absolute Gasteiger partial charge is 0.135 e. The molecule has 0 amide bonds. The molecule has 2 heterocycles. The Morgan fingerprint density at radius 2 is 1.62 bits per heavy atom. The van der Waals surface area contributed by atoms with Gasteiger partial charge in [-0.1, -0.05) is 20.7 Å². The van der Waals surface area contributed by atoms with Crippen molar-refractivity contribution in [2.45, 2.75) is 19.4 Å². The predicted octanol–water partition coefficient (Wildman–Crippen LogP) is 5.39. The highest BCUT2D eigenvalue weighted by molar-refractivity contribution is 7.68. The molecule has 0 radical (unpaired) electrons. The van der Waals surface area contributed by atoms with Crippen molar-refractivity contribution in [3.05, 3.63) is 52.0 Å². The van der Waals surface area contributed by atoms with Gasteiger partial charge in [-0.25, -0.2) is 4.99 Å². The van der Waals surface area contributed by atoms with E-state index in [0.29, 0.717) is 0 Å². The number of rotatable bonds is 3. The van der Waals surface area contributed by atoms with Crippen molar-refractivity contribution in [2.75, 3.05) is 19.5 Å². The summed E-state index contributed by atoms with van der Waals surface area (Å²) in [6.45, 7) is 4.41. The first kappa shape index (κ1) is 17.1. The van der Waals surface area contributed by atoms with Gasteiger partial charge in [-0.15, -0.1) is 0 Å². The quantitative estimate of drug-likeness (QED) is 0.616. The fourth-order valence-electron chi connectivity index (χ4n) is 3.13. The van der Waals surface area contributed by atoms with E-state index < -0.39 is 0 Å². The molecule has 0 saturated carbocycles. The van der Waals surface area contributed by atoms with Crippen LogP contribution in [-0.4, -0.2) is 14.2 Å². The number of methoxy groups -OCH3 is 2. The highest BCUT2D eigenvalue weighted by Crippen LogP contribution is 2.46. The lowest BCUT2D eigenvalue weighted by molar-refractivity contribution is 0.414. The maximum Gasteiger partial charge on any atom is 0.135 e. The van der Waals surface area contributed by atoms with Crippen LogP contribution in [0.4, 0.5) is 11.4 Å². The molecule has 0 spiro atoms. The molecule has 1 aliphatic rings. The first-order valence-electron chi connectivity index (χ1n) is 8.31. The molecule has 0 atom stereocenters. The maximum atomic E-state index is 5.40. The number of benzene rings is 2. The molecule has 4 rings (SSSR count). The van der Waals surface area contributed by atoms with Crippen LogP contribution >= 0.6 is 20.7 Å². The van der Waals surface area contributed by atoms with Crippen LogP contribution < -0.4 is 19.5 Å². The summed E-state index contributed by atoms with van der Waals surface area (Å²) >= 11 is 0. The molecular weight excluding hydrogens is 364 g/mol. The molecule has 2 aromatic carbocycles. The SMILES string of the molecule is COc1ccc(N=c2ssc3c2-c2ccc(OC)cc2NC3(C)C)cc1. The van der Waals surface area contributed by atoms with Crippen LogP contribution in [0, 0.1) is 0 Å². The van der Waals surface area contributed by atoms with E-state index in [0.717, 1.165) is 27.5 Å². The topological polar surface area (TPSA) is 42.9 Å². The van der Waals surface area contributed by atoms with Crippen molar-refractivity contribution in [3.8, 4) is 22.6 Å². The molecule has 0 saturated heterocycles. The molecule has 1 aliphatic heterocycles. The van der Waals surface area contributed by atoms with E-state index in [4.69, 9.17) is 14.5 Å². The minimum absolute atomic E-state index is 0.149. The third kappa shape index (κ3) is 2.89. The van der Waals surface area contributed by atoms with Gasteiger partial charge in [0, 0.05) is 22.9 Å². The molecule has 1 aromatic heterocycles. The maximum absolute atomic E-state index is 5.40. The lowest BCUT2D eigenvalue weighted by Crippen LogP contribution is -2.31. The van der Waals surface area contributed by atoms with E-state index in [1.54, 1.807) is 34.9 Å². The average Bonchev–Trinajstić information content (AvgIpc) is 3.06. The Bertz CT molecular complexity index is 1020. The van der Waals surface area contributed by atoms with Crippen LogP contribution in [-0.2, 0) is 5.54 Å². The number of hydrogen-bond donors (Lipinski definition) is 1. The van der Waals surface area contributed by atoms with E-state index in [1.807, 2.05) is 30.3 Å². The van der Waals surface area contributed by atoms with Gasteiger partial charge in [0.05, 0.1) is 30.3 Å². The molecular formula is C20H20N2O2S2. The Hall–Kier alpha value is -2.31. The summed E-state index contributed by atoms with van der Waals surface area (Å²) in [4.78, 5) is 6.22. The molecule has 0 aliphatic carbocycles. The zero-order valence-corrected chi connectivity index (χ0v) is 16.8. The van der Waals surface area contributed by atoms with Gasteiger partial charge in [0.2, 0.25) is 0 Å². The molecule has 6 heteroatoms. The summed E-state index contributed by atoms with van der Waals surface area (Å²) < 4.78 is 11.7. The molecule has 4 nitrogen and oxygen atoms in total. The van der Waals surface area contributed by atoms with Gasteiger partial charge >= 0.3 is 0 Å². The van der Waals surface area contributed by atoms with Gasteiger partial charge in [0.15, 0.2) is 0 Å². The van der Waals surface area contributed by atoms with Crippen LogP contribution in [0.3, 0.4) is 0 Å². The summed E-state index contributed by atoms with van der Waals surface area (Å²) in [5, 5.41) is 3.64. The Labute approximate surface area is 160 Å². The summed E-state index contributed by atoms with van der Waals surface area (Å²) in [6, 6.07) is 14.0. The van der Waals surface area contributed by atoms with Gasteiger partial charge in [-0.2, -0.15) is 0 Å². The molecule has 0 fully saturated rings. The van der Waals surface area contributed by atoms with Crippen LogP contribution in [0.2, 0.25) is 0 Å². The molecule has 26 heavy (non-hydrogen) atoms. The zero-order chi connectivity index (χ0) is 18.3. The number of anilines is 1. The fraction of sp³-hybridized carbons (Fsp3) is 0.250. The van der Waals surface area contributed by atoms with Gasteiger partial charge in [0.1, 0.15) is 16.2 Å². The summed E-state index contributed by atoms with van der Waals surface area (Å²) in [5.74, 6) is 1.69. The second kappa shape index (κ2) is 6.45. The first-order chi connectivity index (χ1) is 12.5. The Morgan fingerprint density at radius 1 is 0.923 bits per heavy atom.